The first kappa shape index (κ1) is 23.1. The molecular weight excluding hydrogens is 438 g/mol. The lowest BCUT2D eigenvalue weighted by Crippen LogP contribution is -2.39. The summed E-state index contributed by atoms with van der Waals surface area (Å²) in [6, 6.07) is 8.98. The third kappa shape index (κ3) is 4.37. The SMILES string of the molecule is COc1ccc(NC(=O)CCS(=O)(=O)c2ccc3c(c2)n(C)c(=O)c(=O)n3C)c(OC)c1. The van der Waals surface area contributed by atoms with Crippen molar-refractivity contribution in [1.29, 1.82) is 0 Å². The molecule has 2 aromatic carbocycles. The van der Waals surface area contributed by atoms with E-state index in [9.17, 15) is 22.8 Å². The molecule has 0 fully saturated rings. The van der Waals surface area contributed by atoms with Crippen LogP contribution in [-0.4, -0.2) is 43.4 Å². The van der Waals surface area contributed by atoms with Gasteiger partial charge in [0.05, 0.1) is 41.6 Å². The summed E-state index contributed by atoms with van der Waals surface area (Å²) < 4.78 is 38.2. The number of methoxy groups -OCH3 is 2. The zero-order valence-electron chi connectivity index (χ0n) is 18.0. The predicted molar refractivity (Wildman–Crippen MR) is 119 cm³/mol. The quantitative estimate of drug-likeness (QED) is 0.522. The number of anilines is 1. The first-order valence-corrected chi connectivity index (χ1v) is 11.2. The van der Waals surface area contributed by atoms with Crippen molar-refractivity contribution in [2.75, 3.05) is 25.3 Å². The number of fused-ring (bicyclic) bond motifs is 1. The van der Waals surface area contributed by atoms with Crippen molar-refractivity contribution in [3.05, 3.63) is 57.1 Å². The fourth-order valence-corrected chi connectivity index (χ4v) is 4.47. The Morgan fingerprint density at radius 3 is 2.22 bits per heavy atom. The number of hydrogen-bond donors (Lipinski definition) is 1. The summed E-state index contributed by atoms with van der Waals surface area (Å²) in [6.07, 6.45) is -0.290. The zero-order chi connectivity index (χ0) is 23.6. The van der Waals surface area contributed by atoms with Crippen LogP contribution in [0.1, 0.15) is 6.42 Å². The second-order valence-corrected chi connectivity index (χ2v) is 9.17. The molecule has 0 atom stereocenters. The molecule has 0 aliphatic rings. The number of ether oxygens (including phenoxy) is 2. The first-order chi connectivity index (χ1) is 15.1. The summed E-state index contributed by atoms with van der Waals surface area (Å²) in [4.78, 5) is 36.3. The summed E-state index contributed by atoms with van der Waals surface area (Å²) in [5.41, 5.74) is -0.369. The van der Waals surface area contributed by atoms with Crippen molar-refractivity contribution in [2.45, 2.75) is 11.3 Å². The molecule has 32 heavy (non-hydrogen) atoms. The summed E-state index contributed by atoms with van der Waals surface area (Å²) in [7, 11) is 1.95. The molecule has 0 spiro atoms. The van der Waals surface area contributed by atoms with Gasteiger partial charge in [0.15, 0.2) is 9.84 Å². The smallest absolute Gasteiger partial charge is 0.316 e. The fraction of sp³-hybridized carbons (Fsp3) is 0.286. The van der Waals surface area contributed by atoms with E-state index in [0.717, 1.165) is 4.57 Å². The number of nitrogens with zero attached hydrogens (tertiary/aromatic N) is 2. The Balaban J connectivity index is 1.81. The topological polar surface area (TPSA) is 126 Å². The molecule has 1 amide bonds. The van der Waals surface area contributed by atoms with Gasteiger partial charge in [0.2, 0.25) is 5.91 Å². The highest BCUT2D eigenvalue weighted by Gasteiger charge is 2.19. The van der Waals surface area contributed by atoms with Gasteiger partial charge in [-0.15, -0.1) is 0 Å². The van der Waals surface area contributed by atoms with Crippen LogP contribution in [0.2, 0.25) is 0 Å². The molecule has 0 saturated heterocycles. The highest BCUT2D eigenvalue weighted by atomic mass is 32.2. The zero-order valence-corrected chi connectivity index (χ0v) is 18.9. The highest BCUT2D eigenvalue weighted by molar-refractivity contribution is 7.91. The molecule has 1 aromatic heterocycles. The van der Waals surface area contributed by atoms with Gasteiger partial charge in [-0.25, -0.2) is 8.42 Å². The van der Waals surface area contributed by atoms with Crippen LogP contribution in [0.5, 0.6) is 11.5 Å². The maximum absolute atomic E-state index is 12.8. The number of sulfone groups is 1. The maximum Gasteiger partial charge on any atom is 0.316 e. The lowest BCUT2D eigenvalue weighted by molar-refractivity contribution is -0.115. The van der Waals surface area contributed by atoms with E-state index in [1.807, 2.05) is 0 Å². The van der Waals surface area contributed by atoms with Gasteiger partial charge >= 0.3 is 11.1 Å². The van der Waals surface area contributed by atoms with Gasteiger partial charge < -0.3 is 23.9 Å². The number of aryl methyl sites for hydroxylation is 2. The van der Waals surface area contributed by atoms with Crippen molar-refractivity contribution >= 4 is 32.5 Å². The average Bonchev–Trinajstić information content (AvgIpc) is 2.79. The maximum atomic E-state index is 12.8. The molecule has 170 valence electrons. The Labute approximate surface area is 183 Å². The number of carbonyl (C=O) groups is 1. The Morgan fingerprint density at radius 1 is 0.938 bits per heavy atom. The molecule has 1 heterocycles. The van der Waals surface area contributed by atoms with Crippen molar-refractivity contribution in [3.8, 4) is 11.5 Å². The predicted octanol–water partition coefficient (Wildman–Crippen LogP) is 1.06. The van der Waals surface area contributed by atoms with E-state index < -0.39 is 32.6 Å². The van der Waals surface area contributed by atoms with Crippen LogP contribution in [0.4, 0.5) is 5.69 Å². The van der Waals surface area contributed by atoms with Crippen LogP contribution >= 0.6 is 0 Å². The molecule has 0 saturated carbocycles. The van der Waals surface area contributed by atoms with Crippen molar-refractivity contribution in [1.82, 2.24) is 9.13 Å². The summed E-state index contributed by atoms with van der Waals surface area (Å²) in [6.45, 7) is 0. The number of carbonyl (C=O) groups excluding carboxylic acids is 1. The van der Waals surface area contributed by atoms with Crippen LogP contribution < -0.4 is 25.9 Å². The standard InChI is InChI=1S/C21H23N3O7S/c1-23-16-8-6-14(12-17(16)24(2)21(27)20(23)26)32(28,29)10-9-19(25)22-15-7-5-13(30-3)11-18(15)31-4/h5-8,11-12H,9-10H2,1-4H3,(H,22,25). The van der Waals surface area contributed by atoms with E-state index in [-0.39, 0.29) is 11.3 Å². The third-order valence-electron chi connectivity index (χ3n) is 5.10. The molecule has 10 nitrogen and oxygen atoms in total. The highest BCUT2D eigenvalue weighted by Crippen LogP contribution is 2.29. The Hall–Kier alpha value is -3.60. The average molecular weight is 461 g/mol. The molecule has 0 bridgehead atoms. The molecule has 3 aromatic rings. The van der Waals surface area contributed by atoms with E-state index in [1.165, 1.54) is 51.1 Å². The number of amides is 1. The molecule has 3 rings (SSSR count). The third-order valence-corrected chi connectivity index (χ3v) is 6.82. The minimum atomic E-state index is -3.83. The van der Waals surface area contributed by atoms with E-state index in [2.05, 4.69) is 5.32 Å². The normalized spacial score (nSPS) is 11.4. The van der Waals surface area contributed by atoms with Crippen molar-refractivity contribution < 1.29 is 22.7 Å². The fourth-order valence-electron chi connectivity index (χ4n) is 3.21. The number of benzene rings is 2. The van der Waals surface area contributed by atoms with Gasteiger partial charge in [0, 0.05) is 26.6 Å². The molecule has 0 aliphatic heterocycles. The van der Waals surface area contributed by atoms with Gasteiger partial charge in [0.25, 0.3) is 0 Å². The van der Waals surface area contributed by atoms with Crippen LogP contribution in [0.25, 0.3) is 11.0 Å². The molecule has 1 N–H and O–H groups in total. The second kappa shape index (κ2) is 8.87. The van der Waals surface area contributed by atoms with Crippen LogP contribution in [0.3, 0.4) is 0 Å². The second-order valence-electron chi connectivity index (χ2n) is 7.06. The van der Waals surface area contributed by atoms with Crippen LogP contribution in [0.15, 0.2) is 50.9 Å². The minimum absolute atomic E-state index is 0.0477. The molecular formula is C21H23N3O7S. The monoisotopic (exact) mass is 461 g/mol. The van der Waals surface area contributed by atoms with Crippen molar-refractivity contribution in [2.24, 2.45) is 14.1 Å². The number of nitrogens with one attached hydrogen (secondary N) is 1. The van der Waals surface area contributed by atoms with Gasteiger partial charge in [-0.1, -0.05) is 0 Å². The lowest BCUT2D eigenvalue weighted by Gasteiger charge is -2.12. The number of rotatable bonds is 7. The van der Waals surface area contributed by atoms with E-state index >= 15 is 0 Å². The Bertz CT molecular complexity index is 1420. The number of aromatic nitrogens is 2. The minimum Gasteiger partial charge on any atom is -0.497 e. The molecule has 0 radical (unpaired) electrons. The largest absolute Gasteiger partial charge is 0.497 e. The van der Waals surface area contributed by atoms with E-state index in [1.54, 1.807) is 18.2 Å². The van der Waals surface area contributed by atoms with Crippen molar-refractivity contribution in [3.63, 3.8) is 0 Å². The molecule has 0 aliphatic carbocycles. The van der Waals surface area contributed by atoms with Gasteiger partial charge in [-0.05, 0) is 30.3 Å². The Morgan fingerprint density at radius 2 is 1.59 bits per heavy atom. The summed E-state index contributed by atoms with van der Waals surface area (Å²) in [5, 5.41) is 2.63. The summed E-state index contributed by atoms with van der Waals surface area (Å²) >= 11 is 0. The lowest BCUT2D eigenvalue weighted by atomic mass is 10.2. The van der Waals surface area contributed by atoms with E-state index in [4.69, 9.17) is 9.47 Å². The van der Waals surface area contributed by atoms with Gasteiger partial charge in [-0.3, -0.25) is 14.4 Å². The van der Waals surface area contributed by atoms with Gasteiger partial charge in [0.1, 0.15) is 11.5 Å². The summed E-state index contributed by atoms with van der Waals surface area (Å²) in [5.74, 6) is -0.0254. The van der Waals surface area contributed by atoms with Gasteiger partial charge in [-0.2, -0.15) is 0 Å². The van der Waals surface area contributed by atoms with E-state index in [0.29, 0.717) is 28.2 Å². The molecule has 0 unspecified atom stereocenters. The number of hydrogen-bond acceptors (Lipinski definition) is 7. The van der Waals surface area contributed by atoms with Crippen LogP contribution in [0, 0.1) is 0 Å². The Kier molecular flexibility index (Phi) is 6.40. The first-order valence-electron chi connectivity index (χ1n) is 9.53. The van der Waals surface area contributed by atoms with Crippen LogP contribution in [-0.2, 0) is 28.7 Å². The molecule has 11 heteroatoms.